The third kappa shape index (κ3) is 4.49. The molecule has 8 heteroatoms. The van der Waals surface area contributed by atoms with Gasteiger partial charge in [-0.2, -0.15) is 4.31 Å². The molecule has 0 spiro atoms. The summed E-state index contributed by atoms with van der Waals surface area (Å²) in [5.74, 6) is -0.792. The predicted octanol–water partition coefficient (Wildman–Crippen LogP) is 1.87. The molecule has 0 aromatic heterocycles. The molecule has 1 rings (SSSR count). The molecule has 5 nitrogen and oxygen atoms in total. The minimum Gasteiger partial charge on any atom is -0.383 e. The van der Waals surface area contributed by atoms with Crippen molar-refractivity contribution in [1.29, 1.82) is 0 Å². The van der Waals surface area contributed by atoms with E-state index in [1.807, 2.05) is 0 Å². The number of hydrogen-bond donors (Lipinski definition) is 0. The van der Waals surface area contributed by atoms with Crippen molar-refractivity contribution < 1.29 is 22.3 Å². The molecule has 0 saturated heterocycles. The van der Waals surface area contributed by atoms with Gasteiger partial charge in [-0.1, -0.05) is 15.9 Å². The van der Waals surface area contributed by atoms with E-state index in [-0.39, 0.29) is 31.2 Å². The number of hydrogen-bond acceptors (Lipinski definition) is 4. The average Bonchev–Trinajstić information content (AvgIpc) is 2.38. The van der Waals surface area contributed by atoms with Gasteiger partial charge in [0.15, 0.2) is 0 Å². The molecule has 114 valence electrons. The molecule has 0 aliphatic carbocycles. The Morgan fingerprint density at radius 1 is 1.20 bits per heavy atom. The first-order valence-corrected chi connectivity index (χ1v) is 8.10. The molecule has 1 aromatic carbocycles. The number of rotatable bonds is 8. The summed E-state index contributed by atoms with van der Waals surface area (Å²) in [4.78, 5) is -0.354. The molecular formula is C12H17BrFNO4S. The fourth-order valence-corrected chi connectivity index (χ4v) is 3.35. The molecule has 0 bridgehead atoms. The fourth-order valence-electron chi connectivity index (χ4n) is 1.56. The van der Waals surface area contributed by atoms with Crippen LogP contribution in [0.1, 0.15) is 0 Å². The third-order valence-corrected chi connectivity index (χ3v) is 5.03. The van der Waals surface area contributed by atoms with Gasteiger partial charge in [0.1, 0.15) is 10.7 Å². The smallest absolute Gasteiger partial charge is 0.246 e. The maximum atomic E-state index is 13.9. The highest BCUT2D eigenvalue weighted by atomic mass is 79.9. The molecule has 0 N–H and O–H groups in total. The van der Waals surface area contributed by atoms with Crippen LogP contribution in [-0.4, -0.2) is 53.2 Å². The van der Waals surface area contributed by atoms with Gasteiger partial charge in [0.05, 0.1) is 13.2 Å². The van der Waals surface area contributed by atoms with Gasteiger partial charge in [-0.05, 0) is 18.2 Å². The molecule has 0 aliphatic heterocycles. The second kappa shape index (κ2) is 8.04. The van der Waals surface area contributed by atoms with Crippen LogP contribution in [0.2, 0.25) is 0 Å². The van der Waals surface area contributed by atoms with Crippen LogP contribution in [0.25, 0.3) is 0 Å². The molecule has 0 amide bonds. The Balaban J connectivity index is 3.07. The predicted molar refractivity (Wildman–Crippen MR) is 76.6 cm³/mol. The van der Waals surface area contributed by atoms with Crippen molar-refractivity contribution in [2.45, 2.75) is 4.90 Å². The minimum absolute atomic E-state index is 0.137. The van der Waals surface area contributed by atoms with Crippen LogP contribution < -0.4 is 0 Å². The summed E-state index contributed by atoms with van der Waals surface area (Å²) >= 11 is 3.10. The summed E-state index contributed by atoms with van der Waals surface area (Å²) in [5.41, 5.74) is 0. The summed E-state index contributed by atoms with van der Waals surface area (Å²) in [6.45, 7) is 0.720. The zero-order valence-corrected chi connectivity index (χ0v) is 13.7. The van der Waals surface area contributed by atoms with E-state index in [9.17, 15) is 12.8 Å². The SMILES string of the molecule is COCCN(CCOC)S(=O)(=O)c1ccc(Br)cc1F. The molecule has 0 atom stereocenters. The summed E-state index contributed by atoms with van der Waals surface area (Å²) in [7, 11) is -0.968. The Morgan fingerprint density at radius 2 is 1.75 bits per heavy atom. The summed E-state index contributed by atoms with van der Waals surface area (Å²) in [6, 6.07) is 3.85. The molecule has 0 fully saturated rings. The van der Waals surface area contributed by atoms with Crippen LogP contribution in [-0.2, 0) is 19.5 Å². The highest BCUT2D eigenvalue weighted by Gasteiger charge is 2.27. The summed E-state index contributed by atoms with van der Waals surface area (Å²) < 4.78 is 50.1. The number of ether oxygens (including phenoxy) is 2. The molecule has 20 heavy (non-hydrogen) atoms. The topological polar surface area (TPSA) is 55.8 Å². The van der Waals surface area contributed by atoms with Crippen molar-refractivity contribution in [3.8, 4) is 0 Å². The van der Waals surface area contributed by atoms with Gasteiger partial charge in [0.2, 0.25) is 10.0 Å². The van der Waals surface area contributed by atoms with Crippen molar-refractivity contribution in [2.24, 2.45) is 0 Å². The van der Waals surface area contributed by atoms with E-state index in [1.54, 1.807) is 0 Å². The van der Waals surface area contributed by atoms with E-state index >= 15 is 0 Å². The van der Waals surface area contributed by atoms with Crippen molar-refractivity contribution in [3.63, 3.8) is 0 Å². The van der Waals surface area contributed by atoms with Crippen LogP contribution in [0.4, 0.5) is 4.39 Å². The van der Waals surface area contributed by atoms with Crippen LogP contribution in [0.15, 0.2) is 27.6 Å². The van der Waals surface area contributed by atoms with E-state index in [1.165, 1.54) is 26.4 Å². The number of methoxy groups -OCH3 is 2. The van der Waals surface area contributed by atoms with Gasteiger partial charge in [-0.25, -0.2) is 12.8 Å². The Hall–Kier alpha value is -0.540. The maximum Gasteiger partial charge on any atom is 0.246 e. The number of nitrogens with zero attached hydrogens (tertiary/aromatic N) is 1. The summed E-state index contributed by atoms with van der Waals surface area (Å²) in [6.07, 6.45) is 0. The number of benzene rings is 1. The normalized spacial score (nSPS) is 12.1. The van der Waals surface area contributed by atoms with Gasteiger partial charge >= 0.3 is 0 Å². The van der Waals surface area contributed by atoms with E-state index < -0.39 is 15.8 Å². The Morgan fingerprint density at radius 3 is 2.20 bits per heavy atom. The van der Waals surface area contributed by atoms with Crippen molar-refractivity contribution >= 4 is 26.0 Å². The monoisotopic (exact) mass is 369 g/mol. The molecule has 0 unspecified atom stereocenters. The van der Waals surface area contributed by atoms with E-state index in [4.69, 9.17) is 9.47 Å². The van der Waals surface area contributed by atoms with Crippen LogP contribution >= 0.6 is 15.9 Å². The Labute approximate surface area is 126 Å². The molecular weight excluding hydrogens is 353 g/mol. The molecule has 0 radical (unpaired) electrons. The minimum atomic E-state index is -3.92. The van der Waals surface area contributed by atoms with Gasteiger partial charge < -0.3 is 9.47 Å². The Bertz CT molecular complexity index is 530. The van der Waals surface area contributed by atoms with E-state index in [0.717, 1.165) is 10.4 Å². The second-order valence-electron chi connectivity index (χ2n) is 3.96. The van der Waals surface area contributed by atoms with Crippen LogP contribution in [0, 0.1) is 5.82 Å². The van der Waals surface area contributed by atoms with Crippen LogP contribution in [0.5, 0.6) is 0 Å². The lowest BCUT2D eigenvalue weighted by Gasteiger charge is -2.21. The van der Waals surface area contributed by atoms with Gasteiger partial charge in [0, 0.05) is 31.8 Å². The lowest BCUT2D eigenvalue weighted by molar-refractivity contribution is 0.150. The van der Waals surface area contributed by atoms with E-state index in [2.05, 4.69) is 15.9 Å². The fraction of sp³-hybridized carbons (Fsp3) is 0.500. The zero-order chi connectivity index (χ0) is 15.2. The van der Waals surface area contributed by atoms with Crippen LogP contribution in [0.3, 0.4) is 0 Å². The first-order chi connectivity index (χ1) is 9.43. The van der Waals surface area contributed by atoms with Gasteiger partial charge in [-0.15, -0.1) is 0 Å². The quantitative estimate of drug-likeness (QED) is 0.701. The maximum absolute atomic E-state index is 13.9. The largest absolute Gasteiger partial charge is 0.383 e. The Kier molecular flexibility index (Phi) is 7.04. The summed E-state index contributed by atoms with van der Waals surface area (Å²) in [5, 5.41) is 0. The average molecular weight is 370 g/mol. The number of sulfonamides is 1. The van der Waals surface area contributed by atoms with E-state index in [0.29, 0.717) is 4.47 Å². The first kappa shape index (κ1) is 17.5. The lowest BCUT2D eigenvalue weighted by Crippen LogP contribution is -2.36. The highest BCUT2D eigenvalue weighted by molar-refractivity contribution is 9.10. The van der Waals surface area contributed by atoms with Crippen molar-refractivity contribution in [2.75, 3.05) is 40.5 Å². The molecule has 0 heterocycles. The number of halogens is 2. The molecule has 1 aromatic rings. The molecule has 0 aliphatic rings. The lowest BCUT2D eigenvalue weighted by atomic mass is 10.3. The highest BCUT2D eigenvalue weighted by Crippen LogP contribution is 2.22. The zero-order valence-electron chi connectivity index (χ0n) is 11.3. The van der Waals surface area contributed by atoms with Crippen molar-refractivity contribution in [3.05, 3.63) is 28.5 Å². The van der Waals surface area contributed by atoms with Gasteiger partial charge in [-0.3, -0.25) is 0 Å². The first-order valence-electron chi connectivity index (χ1n) is 5.86. The molecule has 0 saturated carbocycles. The second-order valence-corrected chi connectivity index (χ2v) is 6.79. The van der Waals surface area contributed by atoms with Crippen molar-refractivity contribution in [1.82, 2.24) is 4.31 Å². The third-order valence-electron chi connectivity index (χ3n) is 2.60. The van der Waals surface area contributed by atoms with Gasteiger partial charge in [0.25, 0.3) is 0 Å². The standard InChI is InChI=1S/C12H17BrFNO4S/c1-18-7-5-15(6-8-19-2)20(16,17)12-4-3-10(13)9-11(12)14/h3-4,9H,5-8H2,1-2H3.